The van der Waals surface area contributed by atoms with E-state index in [0.29, 0.717) is 5.92 Å². The van der Waals surface area contributed by atoms with Crippen LogP contribution in [-0.2, 0) is 9.53 Å². The van der Waals surface area contributed by atoms with Gasteiger partial charge < -0.3 is 15.0 Å². The highest BCUT2D eigenvalue weighted by Gasteiger charge is 2.31. The Morgan fingerprint density at radius 2 is 2.00 bits per heavy atom. The number of nitrogens with one attached hydrogen (secondary N) is 1. The van der Waals surface area contributed by atoms with Crippen molar-refractivity contribution in [3.05, 3.63) is 0 Å². The van der Waals surface area contributed by atoms with E-state index >= 15 is 0 Å². The SMILES string of the molecule is COC(C)(C)C(=O)NCC1CCN(C2CCCC2)C1. The van der Waals surface area contributed by atoms with Crippen LogP contribution in [0.15, 0.2) is 0 Å². The smallest absolute Gasteiger partial charge is 0.251 e. The summed E-state index contributed by atoms with van der Waals surface area (Å²) < 4.78 is 5.19. The number of carbonyl (C=O) groups excluding carboxylic acids is 1. The Morgan fingerprint density at radius 3 is 2.63 bits per heavy atom. The van der Waals surface area contributed by atoms with Crippen molar-refractivity contribution in [2.45, 2.75) is 57.6 Å². The molecule has 1 aliphatic carbocycles. The molecule has 2 rings (SSSR count). The number of hydrogen-bond donors (Lipinski definition) is 1. The van der Waals surface area contributed by atoms with E-state index in [1.807, 2.05) is 13.8 Å². The molecule has 0 radical (unpaired) electrons. The van der Waals surface area contributed by atoms with E-state index in [2.05, 4.69) is 10.2 Å². The van der Waals surface area contributed by atoms with Gasteiger partial charge in [-0.3, -0.25) is 4.79 Å². The Balaban J connectivity index is 1.72. The first-order valence-corrected chi connectivity index (χ1v) is 7.60. The van der Waals surface area contributed by atoms with Crippen LogP contribution in [-0.4, -0.2) is 49.2 Å². The number of rotatable bonds is 5. The first-order valence-electron chi connectivity index (χ1n) is 7.60. The third-order valence-electron chi connectivity index (χ3n) is 4.77. The lowest BCUT2D eigenvalue weighted by atomic mass is 10.1. The highest BCUT2D eigenvalue weighted by molar-refractivity contribution is 5.84. The first kappa shape index (κ1) is 14.8. The summed E-state index contributed by atoms with van der Waals surface area (Å²) in [6.45, 7) is 6.76. The molecule has 0 aromatic rings. The van der Waals surface area contributed by atoms with Crippen LogP contribution in [0.3, 0.4) is 0 Å². The molecule has 0 aromatic heterocycles. The molecule has 2 fully saturated rings. The summed E-state index contributed by atoms with van der Waals surface area (Å²) in [5, 5.41) is 3.04. The quantitative estimate of drug-likeness (QED) is 0.826. The van der Waals surface area contributed by atoms with Crippen molar-refractivity contribution in [2.75, 3.05) is 26.7 Å². The second-order valence-corrected chi connectivity index (χ2v) is 6.51. The summed E-state index contributed by atoms with van der Waals surface area (Å²) in [5.74, 6) is 0.603. The van der Waals surface area contributed by atoms with E-state index in [9.17, 15) is 4.79 Å². The molecule has 2 aliphatic rings. The van der Waals surface area contributed by atoms with Gasteiger partial charge in [-0.15, -0.1) is 0 Å². The molecule has 4 heteroatoms. The summed E-state index contributed by atoms with van der Waals surface area (Å²) in [7, 11) is 1.58. The normalized spacial score (nSPS) is 25.9. The van der Waals surface area contributed by atoms with Crippen LogP contribution >= 0.6 is 0 Å². The van der Waals surface area contributed by atoms with Gasteiger partial charge in [0, 0.05) is 26.2 Å². The summed E-state index contributed by atoms with van der Waals surface area (Å²) in [6.07, 6.45) is 6.74. The van der Waals surface area contributed by atoms with Crippen molar-refractivity contribution in [2.24, 2.45) is 5.92 Å². The van der Waals surface area contributed by atoms with Gasteiger partial charge in [0.25, 0.3) is 5.91 Å². The second-order valence-electron chi connectivity index (χ2n) is 6.51. The molecule has 110 valence electrons. The van der Waals surface area contributed by atoms with Crippen LogP contribution in [0.5, 0.6) is 0 Å². The van der Waals surface area contributed by atoms with E-state index in [-0.39, 0.29) is 5.91 Å². The molecular weight excluding hydrogens is 240 g/mol. The molecular formula is C15H28N2O2. The first-order chi connectivity index (χ1) is 9.03. The van der Waals surface area contributed by atoms with E-state index in [0.717, 1.165) is 19.1 Å². The molecule has 19 heavy (non-hydrogen) atoms. The zero-order chi connectivity index (χ0) is 13.9. The number of methoxy groups -OCH3 is 1. The number of amides is 1. The molecule has 1 N–H and O–H groups in total. The standard InChI is InChI=1S/C15H28N2O2/c1-15(2,19-3)14(18)16-10-12-8-9-17(11-12)13-6-4-5-7-13/h12-13H,4-11H2,1-3H3,(H,16,18). The van der Waals surface area contributed by atoms with Gasteiger partial charge in [0.15, 0.2) is 0 Å². The summed E-state index contributed by atoms with van der Waals surface area (Å²) in [6, 6.07) is 0.816. The van der Waals surface area contributed by atoms with Crippen LogP contribution in [0.4, 0.5) is 0 Å². The Kier molecular flexibility index (Phi) is 4.85. The van der Waals surface area contributed by atoms with Gasteiger partial charge >= 0.3 is 0 Å². The lowest BCUT2D eigenvalue weighted by Gasteiger charge is -2.25. The van der Waals surface area contributed by atoms with Gasteiger partial charge in [-0.05, 0) is 45.6 Å². The Labute approximate surface area is 116 Å². The molecule has 4 nitrogen and oxygen atoms in total. The predicted molar refractivity (Wildman–Crippen MR) is 76.0 cm³/mol. The van der Waals surface area contributed by atoms with E-state index in [4.69, 9.17) is 4.74 Å². The lowest BCUT2D eigenvalue weighted by molar-refractivity contribution is -0.139. The third kappa shape index (κ3) is 3.69. The Bertz CT molecular complexity index is 311. The third-order valence-corrected chi connectivity index (χ3v) is 4.77. The van der Waals surface area contributed by atoms with Gasteiger partial charge in [-0.25, -0.2) is 0 Å². The number of likely N-dealkylation sites (tertiary alicyclic amines) is 1. The van der Waals surface area contributed by atoms with Crippen LogP contribution in [0.2, 0.25) is 0 Å². The Hall–Kier alpha value is -0.610. The fourth-order valence-electron chi connectivity index (χ4n) is 3.17. The average molecular weight is 268 g/mol. The zero-order valence-corrected chi connectivity index (χ0v) is 12.6. The average Bonchev–Trinajstić information content (AvgIpc) is 3.06. The minimum absolute atomic E-state index is 0.00526. The van der Waals surface area contributed by atoms with E-state index < -0.39 is 5.60 Å². The highest BCUT2D eigenvalue weighted by atomic mass is 16.5. The summed E-state index contributed by atoms with van der Waals surface area (Å²) in [4.78, 5) is 14.6. The van der Waals surface area contributed by atoms with Gasteiger partial charge in [0.05, 0.1) is 0 Å². The topological polar surface area (TPSA) is 41.6 Å². The fourth-order valence-corrected chi connectivity index (χ4v) is 3.17. The van der Waals surface area contributed by atoms with E-state index in [1.165, 1.54) is 38.6 Å². The maximum absolute atomic E-state index is 11.9. The second kappa shape index (κ2) is 6.23. The van der Waals surface area contributed by atoms with Crippen molar-refractivity contribution in [1.29, 1.82) is 0 Å². The molecule has 1 atom stereocenters. The highest BCUT2D eigenvalue weighted by Crippen LogP contribution is 2.28. The van der Waals surface area contributed by atoms with Crippen molar-refractivity contribution in [3.8, 4) is 0 Å². The summed E-state index contributed by atoms with van der Waals surface area (Å²) >= 11 is 0. The Morgan fingerprint density at radius 1 is 1.32 bits per heavy atom. The van der Waals surface area contributed by atoms with Crippen LogP contribution in [0, 0.1) is 5.92 Å². The van der Waals surface area contributed by atoms with Crippen LogP contribution in [0.25, 0.3) is 0 Å². The van der Waals surface area contributed by atoms with Crippen molar-refractivity contribution >= 4 is 5.91 Å². The minimum atomic E-state index is -0.719. The summed E-state index contributed by atoms with van der Waals surface area (Å²) in [5.41, 5.74) is -0.719. The molecule has 0 bridgehead atoms. The predicted octanol–water partition coefficient (Wildman–Crippen LogP) is 1.79. The minimum Gasteiger partial charge on any atom is -0.369 e. The van der Waals surface area contributed by atoms with Gasteiger partial charge in [0.1, 0.15) is 5.60 Å². The largest absolute Gasteiger partial charge is 0.369 e. The number of hydrogen-bond acceptors (Lipinski definition) is 3. The lowest BCUT2D eigenvalue weighted by Crippen LogP contribution is -2.45. The van der Waals surface area contributed by atoms with Gasteiger partial charge in [-0.1, -0.05) is 12.8 Å². The zero-order valence-electron chi connectivity index (χ0n) is 12.6. The monoisotopic (exact) mass is 268 g/mol. The molecule has 1 saturated carbocycles. The van der Waals surface area contributed by atoms with Crippen molar-refractivity contribution in [1.82, 2.24) is 10.2 Å². The molecule has 1 amide bonds. The van der Waals surface area contributed by atoms with Crippen LogP contribution in [0.1, 0.15) is 46.0 Å². The maximum atomic E-state index is 11.9. The van der Waals surface area contributed by atoms with Crippen LogP contribution < -0.4 is 5.32 Å². The van der Waals surface area contributed by atoms with Crippen molar-refractivity contribution in [3.63, 3.8) is 0 Å². The maximum Gasteiger partial charge on any atom is 0.251 e. The number of ether oxygens (including phenoxy) is 1. The molecule has 1 unspecified atom stereocenters. The number of nitrogens with zero attached hydrogens (tertiary/aromatic N) is 1. The molecule has 0 spiro atoms. The molecule has 1 aliphatic heterocycles. The van der Waals surface area contributed by atoms with Gasteiger partial charge in [-0.2, -0.15) is 0 Å². The van der Waals surface area contributed by atoms with Gasteiger partial charge in [0.2, 0.25) is 0 Å². The molecule has 1 heterocycles. The van der Waals surface area contributed by atoms with Crippen molar-refractivity contribution < 1.29 is 9.53 Å². The fraction of sp³-hybridized carbons (Fsp3) is 0.933. The number of carbonyl (C=O) groups is 1. The van der Waals surface area contributed by atoms with E-state index in [1.54, 1.807) is 7.11 Å². The molecule has 1 saturated heterocycles. The molecule has 0 aromatic carbocycles.